The minimum Gasteiger partial charge on any atom is -0.339 e. The zero-order valence-electron chi connectivity index (χ0n) is 10.7. The highest BCUT2D eigenvalue weighted by molar-refractivity contribution is 5.96. The number of nitrogens with one attached hydrogen (secondary N) is 1. The monoisotopic (exact) mass is 259 g/mol. The highest BCUT2D eigenvalue weighted by atomic mass is 16.2. The Morgan fingerprint density at radius 3 is 2.84 bits per heavy atom. The van der Waals surface area contributed by atoms with Gasteiger partial charge in [-0.15, -0.1) is 0 Å². The van der Waals surface area contributed by atoms with Crippen molar-refractivity contribution in [3.63, 3.8) is 0 Å². The molecule has 1 N–H and O–H groups in total. The first-order valence-corrected chi connectivity index (χ1v) is 6.75. The lowest BCUT2D eigenvalue weighted by Crippen LogP contribution is -2.41. The van der Waals surface area contributed by atoms with Crippen LogP contribution in [0, 0.1) is 5.92 Å². The van der Waals surface area contributed by atoms with E-state index < -0.39 is 0 Å². The first-order chi connectivity index (χ1) is 9.24. The van der Waals surface area contributed by atoms with Crippen molar-refractivity contribution in [2.45, 2.75) is 31.7 Å². The van der Waals surface area contributed by atoms with Gasteiger partial charge in [0.15, 0.2) is 0 Å². The number of rotatable bonds is 3. The summed E-state index contributed by atoms with van der Waals surface area (Å²) in [5, 5.41) is 2.77. The number of hydrogen-bond donors (Lipinski definition) is 1. The van der Waals surface area contributed by atoms with Crippen molar-refractivity contribution < 1.29 is 9.59 Å². The van der Waals surface area contributed by atoms with E-state index >= 15 is 0 Å². The van der Waals surface area contributed by atoms with Crippen LogP contribution in [0.3, 0.4) is 0 Å². The predicted molar refractivity (Wildman–Crippen MR) is 70.3 cm³/mol. The zero-order valence-corrected chi connectivity index (χ0v) is 10.7. The Labute approximate surface area is 112 Å². The summed E-state index contributed by atoms with van der Waals surface area (Å²) < 4.78 is 0. The third-order valence-corrected chi connectivity index (χ3v) is 3.96. The summed E-state index contributed by atoms with van der Waals surface area (Å²) in [6.07, 6.45) is 5.32. The molecule has 1 aromatic rings. The number of anilines is 1. The number of pyridine rings is 1. The molecule has 0 bridgehead atoms. The third kappa shape index (κ3) is 2.45. The predicted octanol–water partition coefficient (Wildman–Crippen LogP) is 1.42. The molecule has 1 atom stereocenters. The molecule has 19 heavy (non-hydrogen) atoms. The van der Waals surface area contributed by atoms with Gasteiger partial charge in [0, 0.05) is 25.2 Å². The van der Waals surface area contributed by atoms with Crippen molar-refractivity contribution in [1.29, 1.82) is 0 Å². The van der Waals surface area contributed by atoms with E-state index in [-0.39, 0.29) is 17.7 Å². The van der Waals surface area contributed by atoms with Gasteiger partial charge in [0.25, 0.3) is 0 Å². The van der Waals surface area contributed by atoms with Crippen LogP contribution >= 0.6 is 0 Å². The van der Waals surface area contributed by atoms with Crippen LogP contribution in [-0.2, 0) is 9.59 Å². The van der Waals surface area contributed by atoms with Crippen molar-refractivity contribution in [2.24, 2.45) is 5.92 Å². The zero-order chi connectivity index (χ0) is 13.2. The van der Waals surface area contributed by atoms with Gasteiger partial charge in [0.1, 0.15) is 5.82 Å². The molecule has 5 heteroatoms. The molecule has 2 aliphatic rings. The van der Waals surface area contributed by atoms with E-state index in [0.717, 1.165) is 12.8 Å². The van der Waals surface area contributed by atoms with Gasteiger partial charge in [-0.05, 0) is 31.4 Å². The Morgan fingerprint density at radius 2 is 2.21 bits per heavy atom. The molecule has 0 radical (unpaired) electrons. The topological polar surface area (TPSA) is 62.3 Å². The molecule has 2 amide bonds. The van der Waals surface area contributed by atoms with Crippen LogP contribution in [0.1, 0.15) is 25.7 Å². The van der Waals surface area contributed by atoms with Crippen LogP contribution in [0.2, 0.25) is 0 Å². The Morgan fingerprint density at radius 1 is 1.37 bits per heavy atom. The summed E-state index contributed by atoms with van der Waals surface area (Å²) in [4.78, 5) is 30.0. The van der Waals surface area contributed by atoms with Crippen LogP contribution < -0.4 is 5.32 Å². The molecule has 1 aliphatic heterocycles. The van der Waals surface area contributed by atoms with Gasteiger partial charge in [-0.1, -0.05) is 6.07 Å². The van der Waals surface area contributed by atoms with Gasteiger partial charge in [0.05, 0.1) is 5.92 Å². The van der Waals surface area contributed by atoms with Crippen LogP contribution in [0.4, 0.5) is 5.82 Å². The smallest absolute Gasteiger partial charge is 0.230 e. The maximum absolute atomic E-state index is 12.1. The second kappa shape index (κ2) is 4.99. The quantitative estimate of drug-likeness (QED) is 0.893. The molecule has 2 heterocycles. The molecule has 5 nitrogen and oxygen atoms in total. The summed E-state index contributed by atoms with van der Waals surface area (Å²) in [6.45, 7) is 0.558. The molecule has 2 fully saturated rings. The van der Waals surface area contributed by atoms with E-state index in [1.54, 1.807) is 18.3 Å². The number of hydrogen-bond acceptors (Lipinski definition) is 3. The van der Waals surface area contributed by atoms with Gasteiger partial charge >= 0.3 is 0 Å². The highest BCUT2D eigenvalue weighted by Crippen LogP contribution is 2.30. The molecule has 3 rings (SSSR count). The van der Waals surface area contributed by atoms with E-state index in [1.165, 1.54) is 6.42 Å². The Hall–Kier alpha value is -1.91. The molecule has 1 aromatic heterocycles. The SMILES string of the molecule is O=C(Nc1ccccn1)C1CC(=O)N(C2CCC2)C1. The van der Waals surface area contributed by atoms with Gasteiger partial charge < -0.3 is 10.2 Å². The largest absolute Gasteiger partial charge is 0.339 e. The second-order valence-electron chi connectivity index (χ2n) is 5.24. The number of nitrogens with zero attached hydrogens (tertiary/aromatic N) is 2. The summed E-state index contributed by atoms with van der Waals surface area (Å²) in [7, 11) is 0. The maximum Gasteiger partial charge on any atom is 0.230 e. The molecular weight excluding hydrogens is 242 g/mol. The first kappa shape index (κ1) is 12.1. The fraction of sp³-hybridized carbons (Fsp3) is 0.500. The summed E-state index contributed by atoms with van der Waals surface area (Å²) in [5.74, 6) is 0.317. The molecule has 1 aliphatic carbocycles. The van der Waals surface area contributed by atoms with Crippen molar-refractivity contribution in [1.82, 2.24) is 9.88 Å². The van der Waals surface area contributed by atoms with Gasteiger partial charge in [-0.2, -0.15) is 0 Å². The normalized spacial score (nSPS) is 23.3. The minimum absolute atomic E-state index is 0.103. The molecule has 1 unspecified atom stereocenters. The Balaban J connectivity index is 1.60. The van der Waals surface area contributed by atoms with Gasteiger partial charge in [-0.25, -0.2) is 4.98 Å². The van der Waals surface area contributed by atoms with E-state index in [4.69, 9.17) is 0 Å². The van der Waals surface area contributed by atoms with E-state index in [0.29, 0.717) is 24.8 Å². The van der Waals surface area contributed by atoms with Gasteiger partial charge in [-0.3, -0.25) is 9.59 Å². The van der Waals surface area contributed by atoms with Crippen molar-refractivity contribution in [2.75, 3.05) is 11.9 Å². The number of carbonyl (C=O) groups excluding carboxylic acids is 2. The first-order valence-electron chi connectivity index (χ1n) is 6.75. The number of likely N-dealkylation sites (tertiary alicyclic amines) is 1. The van der Waals surface area contributed by atoms with Crippen molar-refractivity contribution >= 4 is 17.6 Å². The Kier molecular flexibility index (Phi) is 3.19. The van der Waals surface area contributed by atoms with E-state index in [2.05, 4.69) is 10.3 Å². The highest BCUT2D eigenvalue weighted by Gasteiger charge is 2.39. The molecule has 1 saturated carbocycles. The van der Waals surface area contributed by atoms with Crippen LogP contribution in [0.5, 0.6) is 0 Å². The summed E-state index contributed by atoms with van der Waals surface area (Å²) >= 11 is 0. The fourth-order valence-corrected chi connectivity index (χ4v) is 2.62. The Bertz CT molecular complexity index is 485. The lowest BCUT2D eigenvalue weighted by Gasteiger charge is -2.34. The third-order valence-electron chi connectivity index (χ3n) is 3.96. The van der Waals surface area contributed by atoms with Crippen LogP contribution in [0.15, 0.2) is 24.4 Å². The minimum atomic E-state index is -0.241. The lowest BCUT2D eigenvalue weighted by atomic mass is 9.92. The number of amides is 2. The molecule has 1 saturated heterocycles. The average molecular weight is 259 g/mol. The van der Waals surface area contributed by atoms with E-state index in [9.17, 15) is 9.59 Å². The van der Waals surface area contributed by atoms with Crippen LogP contribution in [0.25, 0.3) is 0 Å². The molecule has 0 spiro atoms. The molecular formula is C14H17N3O2. The fourth-order valence-electron chi connectivity index (χ4n) is 2.62. The standard InChI is InChI=1S/C14H17N3O2/c18-13-8-10(9-17(13)11-4-3-5-11)14(19)16-12-6-1-2-7-15-12/h1-2,6-7,10-11H,3-5,8-9H2,(H,15,16,19). The second-order valence-corrected chi connectivity index (χ2v) is 5.24. The summed E-state index contributed by atoms with van der Waals surface area (Å²) in [6, 6.07) is 5.74. The van der Waals surface area contributed by atoms with Crippen molar-refractivity contribution in [3.05, 3.63) is 24.4 Å². The van der Waals surface area contributed by atoms with Crippen LogP contribution in [-0.4, -0.2) is 34.3 Å². The van der Waals surface area contributed by atoms with E-state index in [1.807, 2.05) is 11.0 Å². The van der Waals surface area contributed by atoms with Crippen molar-refractivity contribution in [3.8, 4) is 0 Å². The number of carbonyl (C=O) groups is 2. The molecule has 100 valence electrons. The molecule has 0 aromatic carbocycles. The van der Waals surface area contributed by atoms with Gasteiger partial charge in [0.2, 0.25) is 11.8 Å². The average Bonchev–Trinajstić information content (AvgIpc) is 2.71. The number of aromatic nitrogens is 1. The lowest BCUT2D eigenvalue weighted by molar-refractivity contribution is -0.131. The summed E-state index contributed by atoms with van der Waals surface area (Å²) in [5.41, 5.74) is 0. The maximum atomic E-state index is 12.1.